The van der Waals surface area contributed by atoms with Gasteiger partial charge in [0.25, 0.3) is 0 Å². The van der Waals surface area contributed by atoms with Crippen molar-refractivity contribution < 1.29 is 9.53 Å². The maximum absolute atomic E-state index is 12.2. The molecule has 0 saturated carbocycles. The molecule has 0 aromatic heterocycles. The molecule has 1 aliphatic heterocycles. The van der Waals surface area contributed by atoms with Crippen LogP contribution in [-0.4, -0.2) is 18.2 Å². The van der Waals surface area contributed by atoms with Crippen molar-refractivity contribution in [3.05, 3.63) is 28.2 Å². The first kappa shape index (κ1) is 13.4. The number of halogens is 1. The number of benzene rings is 1. The highest BCUT2D eigenvalue weighted by atomic mass is 79.9. The molecule has 1 aromatic carbocycles. The molecule has 98 valence electrons. The molecule has 1 aliphatic rings. The van der Waals surface area contributed by atoms with Crippen LogP contribution in [0.5, 0.6) is 0 Å². The van der Waals surface area contributed by atoms with E-state index in [1.165, 1.54) is 5.56 Å². The lowest BCUT2D eigenvalue weighted by atomic mass is 10.0. The topological polar surface area (TPSA) is 29.5 Å². The fraction of sp³-hybridized carbons (Fsp3) is 0.500. The Labute approximate surface area is 116 Å². The van der Waals surface area contributed by atoms with Crippen molar-refractivity contribution in [2.75, 3.05) is 11.4 Å². The molecule has 0 fully saturated rings. The SMILES string of the molecule is CC(C)(C)OC(=O)N1CCCc2cc(Br)ccc21. The van der Waals surface area contributed by atoms with Gasteiger partial charge in [0.2, 0.25) is 0 Å². The van der Waals surface area contributed by atoms with Crippen molar-refractivity contribution in [1.29, 1.82) is 0 Å². The van der Waals surface area contributed by atoms with Gasteiger partial charge in [0, 0.05) is 11.0 Å². The van der Waals surface area contributed by atoms with Crippen molar-refractivity contribution in [1.82, 2.24) is 0 Å². The molecule has 3 nitrogen and oxygen atoms in total. The minimum Gasteiger partial charge on any atom is -0.443 e. The van der Waals surface area contributed by atoms with Crippen LogP contribution in [0.4, 0.5) is 10.5 Å². The molecule has 1 aromatic rings. The number of hydrogen-bond donors (Lipinski definition) is 0. The molecule has 0 N–H and O–H groups in total. The van der Waals surface area contributed by atoms with E-state index in [1.54, 1.807) is 4.90 Å². The summed E-state index contributed by atoms with van der Waals surface area (Å²) in [5.74, 6) is 0. The van der Waals surface area contributed by atoms with Crippen LogP contribution in [0.2, 0.25) is 0 Å². The summed E-state index contributed by atoms with van der Waals surface area (Å²) < 4.78 is 6.49. The lowest BCUT2D eigenvalue weighted by molar-refractivity contribution is 0.0578. The van der Waals surface area contributed by atoms with E-state index in [0.29, 0.717) is 0 Å². The standard InChI is InChI=1S/C14H18BrNO2/c1-14(2,3)18-13(17)16-8-4-5-10-9-11(15)6-7-12(10)16/h6-7,9H,4-5,8H2,1-3H3. The van der Waals surface area contributed by atoms with E-state index in [0.717, 1.165) is 29.5 Å². The van der Waals surface area contributed by atoms with E-state index in [-0.39, 0.29) is 6.09 Å². The van der Waals surface area contributed by atoms with Crippen LogP contribution in [0.3, 0.4) is 0 Å². The lowest BCUT2D eigenvalue weighted by Crippen LogP contribution is -2.39. The van der Waals surface area contributed by atoms with Crippen LogP contribution in [0.25, 0.3) is 0 Å². The average molecular weight is 312 g/mol. The smallest absolute Gasteiger partial charge is 0.414 e. The number of aryl methyl sites for hydroxylation is 1. The van der Waals surface area contributed by atoms with Crippen LogP contribution in [0.15, 0.2) is 22.7 Å². The van der Waals surface area contributed by atoms with Crippen LogP contribution < -0.4 is 4.90 Å². The summed E-state index contributed by atoms with van der Waals surface area (Å²) in [6.45, 7) is 6.38. The van der Waals surface area contributed by atoms with Gasteiger partial charge in [-0.1, -0.05) is 15.9 Å². The third-order valence-electron chi connectivity index (χ3n) is 2.77. The second-order valence-corrected chi connectivity index (χ2v) is 6.42. The van der Waals surface area contributed by atoms with E-state index < -0.39 is 5.60 Å². The number of rotatable bonds is 0. The summed E-state index contributed by atoms with van der Waals surface area (Å²) in [5.41, 5.74) is 1.71. The molecule has 0 atom stereocenters. The predicted octanol–water partition coefficient (Wildman–Crippen LogP) is 4.14. The fourth-order valence-electron chi connectivity index (χ4n) is 2.07. The molecular weight excluding hydrogens is 294 g/mol. The van der Waals surface area contributed by atoms with Gasteiger partial charge in [-0.3, -0.25) is 4.90 Å². The summed E-state index contributed by atoms with van der Waals surface area (Å²) in [5, 5.41) is 0. The normalized spacial score (nSPS) is 15.2. The van der Waals surface area contributed by atoms with Gasteiger partial charge in [0.05, 0.1) is 5.69 Å². The summed E-state index contributed by atoms with van der Waals surface area (Å²) in [7, 11) is 0. The molecule has 0 unspecified atom stereocenters. The summed E-state index contributed by atoms with van der Waals surface area (Å²) in [6, 6.07) is 6.01. The van der Waals surface area contributed by atoms with Crippen molar-refractivity contribution in [2.24, 2.45) is 0 Å². The zero-order valence-electron chi connectivity index (χ0n) is 11.0. The predicted molar refractivity (Wildman–Crippen MR) is 76.0 cm³/mol. The Morgan fingerprint density at radius 2 is 2.11 bits per heavy atom. The van der Waals surface area contributed by atoms with Crippen LogP contribution >= 0.6 is 15.9 Å². The number of nitrogens with zero attached hydrogens (tertiary/aromatic N) is 1. The first-order valence-corrected chi connectivity index (χ1v) is 6.95. The van der Waals surface area contributed by atoms with Gasteiger partial charge in [-0.2, -0.15) is 0 Å². The Hall–Kier alpha value is -1.03. The molecule has 1 heterocycles. The van der Waals surface area contributed by atoms with Crippen molar-refractivity contribution in [3.63, 3.8) is 0 Å². The molecule has 0 aliphatic carbocycles. The Morgan fingerprint density at radius 1 is 1.39 bits per heavy atom. The van der Waals surface area contributed by atoms with Gasteiger partial charge in [-0.25, -0.2) is 4.79 Å². The maximum Gasteiger partial charge on any atom is 0.414 e. The van der Waals surface area contributed by atoms with E-state index >= 15 is 0 Å². The van der Waals surface area contributed by atoms with Gasteiger partial charge in [-0.05, 0) is 57.4 Å². The number of amides is 1. The molecule has 2 rings (SSSR count). The lowest BCUT2D eigenvalue weighted by Gasteiger charge is -2.31. The second kappa shape index (κ2) is 4.92. The Bertz CT molecular complexity index is 465. The molecule has 0 radical (unpaired) electrons. The van der Waals surface area contributed by atoms with Gasteiger partial charge in [0.15, 0.2) is 0 Å². The molecule has 1 amide bonds. The average Bonchev–Trinajstić information content (AvgIpc) is 2.25. The second-order valence-electron chi connectivity index (χ2n) is 5.51. The van der Waals surface area contributed by atoms with Gasteiger partial charge in [-0.15, -0.1) is 0 Å². The number of carbonyl (C=O) groups excluding carboxylic acids is 1. The summed E-state index contributed by atoms with van der Waals surface area (Å²) in [4.78, 5) is 13.9. The fourth-order valence-corrected chi connectivity index (χ4v) is 2.48. The van der Waals surface area contributed by atoms with E-state index in [1.807, 2.05) is 32.9 Å². The minimum absolute atomic E-state index is 0.259. The number of fused-ring (bicyclic) bond motifs is 1. The first-order chi connectivity index (χ1) is 8.37. The van der Waals surface area contributed by atoms with E-state index in [4.69, 9.17) is 4.74 Å². The van der Waals surface area contributed by atoms with Crippen LogP contribution in [0, 0.1) is 0 Å². The summed E-state index contributed by atoms with van der Waals surface area (Å²) >= 11 is 3.46. The van der Waals surface area contributed by atoms with Crippen molar-refractivity contribution >= 4 is 27.7 Å². The zero-order valence-corrected chi connectivity index (χ0v) is 12.6. The highest BCUT2D eigenvalue weighted by Crippen LogP contribution is 2.30. The quantitative estimate of drug-likeness (QED) is 0.720. The number of hydrogen-bond acceptors (Lipinski definition) is 2. The van der Waals surface area contributed by atoms with E-state index in [2.05, 4.69) is 22.0 Å². The largest absolute Gasteiger partial charge is 0.443 e. The molecule has 0 bridgehead atoms. The van der Waals surface area contributed by atoms with Crippen molar-refractivity contribution in [3.8, 4) is 0 Å². The Kier molecular flexibility index (Phi) is 3.66. The Balaban J connectivity index is 2.25. The third-order valence-corrected chi connectivity index (χ3v) is 3.27. The van der Waals surface area contributed by atoms with Gasteiger partial charge >= 0.3 is 6.09 Å². The highest BCUT2D eigenvalue weighted by molar-refractivity contribution is 9.10. The molecule has 4 heteroatoms. The molecule has 0 spiro atoms. The molecular formula is C14H18BrNO2. The van der Waals surface area contributed by atoms with Gasteiger partial charge < -0.3 is 4.74 Å². The van der Waals surface area contributed by atoms with E-state index in [9.17, 15) is 4.79 Å². The minimum atomic E-state index is -0.454. The first-order valence-electron chi connectivity index (χ1n) is 6.16. The number of carbonyl (C=O) groups is 1. The van der Waals surface area contributed by atoms with Gasteiger partial charge in [0.1, 0.15) is 5.60 Å². The molecule has 0 saturated heterocycles. The monoisotopic (exact) mass is 311 g/mol. The maximum atomic E-state index is 12.2. The molecule has 18 heavy (non-hydrogen) atoms. The Morgan fingerprint density at radius 3 is 2.78 bits per heavy atom. The summed E-state index contributed by atoms with van der Waals surface area (Å²) in [6.07, 6.45) is 1.72. The van der Waals surface area contributed by atoms with Crippen molar-refractivity contribution in [2.45, 2.75) is 39.2 Å². The zero-order chi connectivity index (χ0) is 13.3. The third kappa shape index (κ3) is 3.05. The van der Waals surface area contributed by atoms with Crippen LogP contribution in [-0.2, 0) is 11.2 Å². The highest BCUT2D eigenvalue weighted by Gasteiger charge is 2.27. The van der Waals surface area contributed by atoms with Crippen LogP contribution in [0.1, 0.15) is 32.8 Å². The number of anilines is 1. The number of ether oxygens (including phenoxy) is 1.